The molecule has 0 radical (unpaired) electrons. The monoisotopic (exact) mass is 294 g/mol. The molecule has 0 bridgehead atoms. The number of fused-ring (bicyclic) bond motifs is 1. The highest BCUT2D eigenvalue weighted by molar-refractivity contribution is 6.31. The lowest BCUT2D eigenvalue weighted by Gasteiger charge is -2.14. The molecule has 20 heavy (non-hydrogen) atoms. The molecular formula is C15H15ClO4. The minimum absolute atomic E-state index is 0.427. The molecule has 1 aliphatic heterocycles. The van der Waals surface area contributed by atoms with E-state index in [1.165, 1.54) is 0 Å². The lowest BCUT2D eigenvalue weighted by molar-refractivity contribution is 0.187. The number of halogens is 1. The van der Waals surface area contributed by atoms with Crippen LogP contribution in [0.25, 0.3) is 0 Å². The number of hydrogen-bond donors (Lipinski definition) is 1. The van der Waals surface area contributed by atoms with Crippen LogP contribution in [0.15, 0.2) is 28.7 Å². The number of furan rings is 1. The van der Waals surface area contributed by atoms with Crippen LogP contribution in [-0.2, 0) is 0 Å². The highest BCUT2D eigenvalue weighted by Crippen LogP contribution is 2.39. The van der Waals surface area contributed by atoms with Crippen molar-refractivity contribution in [2.24, 2.45) is 0 Å². The Bertz CT molecular complexity index is 620. The van der Waals surface area contributed by atoms with E-state index in [1.54, 1.807) is 24.3 Å². The summed E-state index contributed by atoms with van der Waals surface area (Å²) in [5.41, 5.74) is 0.547. The smallest absolute Gasteiger partial charge is 0.162 e. The van der Waals surface area contributed by atoms with Crippen LogP contribution in [0.2, 0.25) is 5.02 Å². The van der Waals surface area contributed by atoms with E-state index in [-0.39, 0.29) is 0 Å². The lowest BCUT2D eigenvalue weighted by atomic mass is 10.1. The van der Waals surface area contributed by atoms with E-state index >= 15 is 0 Å². The molecule has 0 saturated carbocycles. The standard InChI is InChI=1S/C15H15ClO4/c1-9-3-4-12(20-9)15(17)10-7-13-14(8-11(10)16)19-6-2-5-18-13/h3-4,7-8,15,17H,2,5-6H2,1H3. The molecule has 1 atom stereocenters. The highest BCUT2D eigenvalue weighted by Gasteiger charge is 2.21. The van der Waals surface area contributed by atoms with Crippen LogP contribution >= 0.6 is 11.6 Å². The van der Waals surface area contributed by atoms with Gasteiger partial charge < -0.3 is 19.0 Å². The Hall–Kier alpha value is -1.65. The molecule has 0 spiro atoms. The zero-order valence-electron chi connectivity index (χ0n) is 11.1. The van der Waals surface area contributed by atoms with Crippen molar-refractivity contribution in [3.63, 3.8) is 0 Å². The van der Waals surface area contributed by atoms with Gasteiger partial charge in [-0.1, -0.05) is 11.6 Å². The second-order valence-corrected chi connectivity index (χ2v) is 5.13. The van der Waals surface area contributed by atoms with Gasteiger partial charge in [-0.25, -0.2) is 0 Å². The van der Waals surface area contributed by atoms with E-state index < -0.39 is 6.10 Å². The third-order valence-corrected chi connectivity index (χ3v) is 3.52. The fraction of sp³-hybridized carbons (Fsp3) is 0.333. The summed E-state index contributed by atoms with van der Waals surface area (Å²) in [6.07, 6.45) is -0.102. The van der Waals surface area contributed by atoms with Crippen molar-refractivity contribution >= 4 is 11.6 Å². The lowest BCUT2D eigenvalue weighted by Crippen LogP contribution is -2.01. The maximum absolute atomic E-state index is 10.4. The first-order valence-electron chi connectivity index (χ1n) is 6.48. The van der Waals surface area contributed by atoms with E-state index in [2.05, 4.69) is 0 Å². The molecular weight excluding hydrogens is 280 g/mol. The van der Waals surface area contributed by atoms with Crippen LogP contribution in [0.5, 0.6) is 11.5 Å². The van der Waals surface area contributed by atoms with Crippen molar-refractivity contribution in [2.75, 3.05) is 13.2 Å². The van der Waals surface area contributed by atoms with Crippen molar-refractivity contribution in [1.29, 1.82) is 0 Å². The predicted molar refractivity (Wildman–Crippen MR) is 74.6 cm³/mol. The number of ether oxygens (including phenoxy) is 2. The van der Waals surface area contributed by atoms with Gasteiger partial charge in [-0.05, 0) is 25.1 Å². The molecule has 106 valence electrons. The third kappa shape index (κ3) is 2.49. The van der Waals surface area contributed by atoms with Gasteiger partial charge in [0.2, 0.25) is 0 Å². The van der Waals surface area contributed by atoms with Gasteiger partial charge in [0.15, 0.2) is 11.5 Å². The van der Waals surface area contributed by atoms with Crippen LogP contribution in [-0.4, -0.2) is 18.3 Å². The van der Waals surface area contributed by atoms with E-state index in [0.29, 0.717) is 41.1 Å². The molecule has 0 fully saturated rings. The van der Waals surface area contributed by atoms with Gasteiger partial charge in [0.1, 0.15) is 17.6 Å². The fourth-order valence-corrected chi connectivity index (χ4v) is 2.42. The minimum Gasteiger partial charge on any atom is -0.490 e. The zero-order chi connectivity index (χ0) is 14.1. The quantitative estimate of drug-likeness (QED) is 0.921. The average molecular weight is 295 g/mol. The Labute approximate surface area is 121 Å². The van der Waals surface area contributed by atoms with Gasteiger partial charge in [-0.3, -0.25) is 0 Å². The Morgan fingerprint density at radius 1 is 1.15 bits per heavy atom. The maximum Gasteiger partial charge on any atom is 0.162 e. The Morgan fingerprint density at radius 2 is 1.85 bits per heavy atom. The van der Waals surface area contributed by atoms with Crippen molar-refractivity contribution in [1.82, 2.24) is 0 Å². The fourth-order valence-electron chi connectivity index (χ4n) is 2.16. The molecule has 0 amide bonds. The molecule has 0 saturated heterocycles. The molecule has 2 heterocycles. The maximum atomic E-state index is 10.4. The largest absolute Gasteiger partial charge is 0.490 e. The number of benzene rings is 1. The zero-order valence-corrected chi connectivity index (χ0v) is 11.8. The first-order valence-corrected chi connectivity index (χ1v) is 6.86. The van der Waals surface area contributed by atoms with Gasteiger partial charge in [-0.15, -0.1) is 0 Å². The molecule has 1 aliphatic rings. The summed E-state index contributed by atoms with van der Waals surface area (Å²) in [4.78, 5) is 0. The van der Waals surface area contributed by atoms with Gasteiger partial charge >= 0.3 is 0 Å². The molecule has 1 unspecified atom stereocenters. The molecule has 0 aliphatic carbocycles. The summed E-state index contributed by atoms with van der Waals surface area (Å²) in [6, 6.07) is 6.93. The average Bonchev–Trinajstić information content (AvgIpc) is 2.73. The molecule has 3 rings (SSSR count). The van der Waals surface area contributed by atoms with Crippen molar-refractivity contribution in [2.45, 2.75) is 19.4 Å². The summed E-state index contributed by atoms with van der Waals surface area (Å²) in [6.45, 7) is 3.01. The van der Waals surface area contributed by atoms with Crippen molar-refractivity contribution < 1.29 is 19.0 Å². The van der Waals surface area contributed by atoms with E-state index in [0.717, 1.165) is 12.2 Å². The Balaban J connectivity index is 1.99. The number of aliphatic hydroxyl groups is 1. The summed E-state index contributed by atoms with van der Waals surface area (Å²) < 4.78 is 16.6. The third-order valence-electron chi connectivity index (χ3n) is 3.19. The van der Waals surface area contributed by atoms with Crippen LogP contribution < -0.4 is 9.47 Å². The van der Waals surface area contributed by atoms with Gasteiger partial charge in [-0.2, -0.15) is 0 Å². The summed E-state index contributed by atoms with van der Waals surface area (Å²) >= 11 is 6.23. The van der Waals surface area contributed by atoms with E-state index in [4.69, 9.17) is 25.5 Å². The molecule has 4 nitrogen and oxygen atoms in total. The first-order chi connectivity index (χ1) is 9.65. The second kappa shape index (κ2) is 5.38. The first kappa shape index (κ1) is 13.3. The number of aryl methyl sites for hydroxylation is 1. The number of hydrogen-bond acceptors (Lipinski definition) is 4. The topological polar surface area (TPSA) is 51.8 Å². The van der Waals surface area contributed by atoms with Crippen molar-refractivity contribution in [3.05, 3.63) is 46.4 Å². The van der Waals surface area contributed by atoms with Crippen molar-refractivity contribution in [3.8, 4) is 11.5 Å². The van der Waals surface area contributed by atoms with Crippen LogP contribution in [0, 0.1) is 6.92 Å². The molecule has 1 aromatic heterocycles. The number of rotatable bonds is 2. The Kier molecular flexibility index (Phi) is 3.59. The molecule has 1 aromatic carbocycles. The van der Waals surface area contributed by atoms with Crippen LogP contribution in [0.4, 0.5) is 0 Å². The predicted octanol–water partition coefficient (Wildman–Crippen LogP) is 3.48. The molecule has 5 heteroatoms. The van der Waals surface area contributed by atoms with Gasteiger partial charge in [0, 0.05) is 18.1 Å². The summed E-state index contributed by atoms with van der Waals surface area (Å²) in [5.74, 6) is 2.41. The minimum atomic E-state index is -0.923. The van der Waals surface area contributed by atoms with Gasteiger partial charge in [0.25, 0.3) is 0 Å². The van der Waals surface area contributed by atoms with Crippen LogP contribution in [0.3, 0.4) is 0 Å². The van der Waals surface area contributed by atoms with E-state index in [1.807, 2.05) is 6.92 Å². The second-order valence-electron chi connectivity index (χ2n) is 4.72. The molecule has 2 aromatic rings. The summed E-state index contributed by atoms with van der Waals surface area (Å²) in [5, 5.41) is 10.8. The SMILES string of the molecule is Cc1ccc(C(O)c2cc3c(cc2Cl)OCCCO3)o1. The highest BCUT2D eigenvalue weighted by atomic mass is 35.5. The number of aliphatic hydroxyl groups excluding tert-OH is 1. The molecule has 1 N–H and O–H groups in total. The van der Waals surface area contributed by atoms with E-state index in [9.17, 15) is 5.11 Å². The van der Waals surface area contributed by atoms with Crippen LogP contribution in [0.1, 0.15) is 29.6 Å². The Morgan fingerprint density at radius 3 is 2.50 bits per heavy atom. The summed E-state index contributed by atoms with van der Waals surface area (Å²) in [7, 11) is 0. The van der Waals surface area contributed by atoms with Gasteiger partial charge in [0.05, 0.1) is 18.2 Å². The normalized spacial score (nSPS) is 15.8.